The molecule has 0 unspecified atom stereocenters. The van der Waals surface area contributed by atoms with Crippen LogP contribution in [0.15, 0.2) is 72.8 Å². The summed E-state index contributed by atoms with van der Waals surface area (Å²) < 4.78 is 12.7. The highest BCUT2D eigenvalue weighted by molar-refractivity contribution is 5.87. The van der Waals surface area contributed by atoms with E-state index in [2.05, 4.69) is 34.6 Å². The minimum Gasteiger partial charge on any atom is -0.497 e. The zero-order valence-electron chi connectivity index (χ0n) is 20.3. The molecule has 1 fully saturated rings. The second-order valence-electron chi connectivity index (χ2n) is 9.14. The first-order valence-corrected chi connectivity index (χ1v) is 12.3. The molecule has 7 nitrogen and oxygen atoms in total. The highest BCUT2D eigenvalue weighted by Crippen LogP contribution is 2.35. The van der Waals surface area contributed by atoms with E-state index in [9.17, 15) is 9.90 Å². The van der Waals surface area contributed by atoms with Gasteiger partial charge in [-0.15, -0.1) is 5.10 Å². The fourth-order valence-corrected chi connectivity index (χ4v) is 4.78. The van der Waals surface area contributed by atoms with Crippen LogP contribution in [0, 0.1) is 0 Å². The number of methoxy groups -OCH3 is 1. The average molecular weight is 484 g/mol. The third kappa shape index (κ3) is 5.25. The quantitative estimate of drug-likeness (QED) is 0.306. The first kappa shape index (κ1) is 23.6. The topological polar surface area (TPSA) is 86.5 Å². The van der Waals surface area contributed by atoms with Gasteiger partial charge in [-0.3, -0.25) is 0 Å². The van der Waals surface area contributed by atoms with Crippen LogP contribution in [0.4, 0.5) is 0 Å². The van der Waals surface area contributed by atoms with Crippen LogP contribution in [0.5, 0.6) is 17.4 Å². The minimum absolute atomic E-state index is 0.0883. The van der Waals surface area contributed by atoms with Crippen molar-refractivity contribution in [2.75, 3.05) is 7.11 Å². The summed E-state index contributed by atoms with van der Waals surface area (Å²) >= 11 is 0. The van der Waals surface area contributed by atoms with Crippen LogP contribution in [-0.2, 0) is 6.54 Å². The molecule has 0 spiro atoms. The van der Waals surface area contributed by atoms with Crippen molar-refractivity contribution in [3.05, 3.63) is 89.6 Å². The number of ether oxygens (including phenoxy) is 2. The molecule has 36 heavy (non-hydrogen) atoms. The highest BCUT2D eigenvalue weighted by Gasteiger charge is 2.22. The van der Waals surface area contributed by atoms with E-state index in [0.717, 1.165) is 16.9 Å². The third-order valence-corrected chi connectivity index (χ3v) is 6.75. The number of aromatic nitrogens is 3. The molecular weight excluding hydrogens is 454 g/mol. The Hall–Kier alpha value is -4.13. The van der Waals surface area contributed by atoms with Gasteiger partial charge in [0, 0.05) is 0 Å². The number of hydrogen-bond donors (Lipinski definition) is 1. The van der Waals surface area contributed by atoms with Gasteiger partial charge in [0.2, 0.25) is 5.69 Å². The molecule has 3 aromatic carbocycles. The van der Waals surface area contributed by atoms with Crippen molar-refractivity contribution in [1.82, 2.24) is 15.0 Å². The van der Waals surface area contributed by atoms with E-state index in [1.54, 1.807) is 7.11 Å². The molecular formula is C29H29N3O4. The second kappa shape index (κ2) is 10.6. The molecule has 184 valence electrons. The molecule has 7 heteroatoms. The molecule has 1 aliphatic rings. The lowest BCUT2D eigenvalue weighted by Crippen LogP contribution is -2.06. The van der Waals surface area contributed by atoms with Crippen molar-refractivity contribution in [1.29, 1.82) is 0 Å². The minimum atomic E-state index is -1.19. The van der Waals surface area contributed by atoms with E-state index in [1.807, 2.05) is 48.5 Å². The number of carboxylic acid groups (broad SMARTS) is 1. The molecule has 1 N–H and O–H groups in total. The van der Waals surface area contributed by atoms with Gasteiger partial charge >= 0.3 is 5.97 Å². The van der Waals surface area contributed by atoms with E-state index >= 15 is 0 Å². The van der Waals surface area contributed by atoms with Gasteiger partial charge in [0.1, 0.15) is 11.5 Å². The third-order valence-electron chi connectivity index (χ3n) is 6.75. The summed E-state index contributed by atoms with van der Waals surface area (Å²) in [7, 11) is 1.61. The molecule has 0 atom stereocenters. The van der Waals surface area contributed by atoms with Crippen LogP contribution in [0.1, 0.15) is 59.6 Å². The number of rotatable bonds is 8. The molecule has 1 aliphatic carbocycles. The smallest absolute Gasteiger partial charge is 0.362 e. The normalized spacial score (nSPS) is 13.9. The number of nitrogens with zero attached hydrogens (tertiary/aromatic N) is 3. The van der Waals surface area contributed by atoms with Crippen LogP contribution in [0.2, 0.25) is 0 Å². The predicted octanol–water partition coefficient (Wildman–Crippen LogP) is 6.54. The van der Waals surface area contributed by atoms with Gasteiger partial charge in [0.25, 0.3) is 5.88 Å². The summed E-state index contributed by atoms with van der Waals surface area (Å²) in [5, 5.41) is 17.5. The fourth-order valence-electron chi connectivity index (χ4n) is 4.78. The Balaban J connectivity index is 1.35. The lowest BCUT2D eigenvalue weighted by atomic mass is 9.83. The first-order valence-electron chi connectivity index (χ1n) is 12.3. The Labute approximate surface area is 210 Å². The van der Waals surface area contributed by atoms with Gasteiger partial charge in [-0.05, 0) is 65.3 Å². The molecule has 4 aromatic rings. The van der Waals surface area contributed by atoms with Crippen molar-refractivity contribution >= 4 is 5.97 Å². The monoisotopic (exact) mass is 483 g/mol. The van der Waals surface area contributed by atoms with E-state index in [4.69, 9.17) is 9.47 Å². The molecule has 0 radical (unpaired) electrons. The molecule has 0 bridgehead atoms. The number of hydrogen-bond acceptors (Lipinski definition) is 5. The maximum Gasteiger partial charge on any atom is 0.362 e. The summed E-state index contributed by atoms with van der Waals surface area (Å²) in [4.78, 5) is 11.8. The van der Waals surface area contributed by atoms with E-state index in [-0.39, 0.29) is 11.6 Å². The van der Waals surface area contributed by atoms with Crippen LogP contribution >= 0.6 is 0 Å². The Bertz CT molecular complexity index is 1320. The largest absolute Gasteiger partial charge is 0.497 e. The average Bonchev–Trinajstić information content (AvgIpc) is 3.32. The Morgan fingerprint density at radius 1 is 0.944 bits per heavy atom. The van der Waals surface area contributed by atoms with Crippen LogP contribution in [0.25, 0.3) is 11.1 Å². The summed E-state index contributed by atoms with van der Waals surface area (Å²) in [6.45, 7) is 0.311. The molecule has 0 amide bonds. The van der Waals surface area contributed by atoms with Crippen LogP contribution < -0.4 is 9.47 Å². The lowest BCUT2D eigenvalue weighted by molar-refractivity contribution is 0.0687. The summed E-state index contributed by atoms with van der Waals surface area (Å²) in [6.07, 6.45) is 6.49. The number of aromatic carboxylic acids is 1. The zero-order chi connectivity index (χ0) is 24.9. The maximum absolute atomic E-state index is 11.8. The zero-order valence-corrected chi connectivity index (χ0v) is 20.3. The maximum atomic E-state index is 11.8. The van der Waals surface area contributed by atoms with Gasteiger partial charge in [0.15, 0.2) is 0 Å². The molecule has 5 rings (SSSR count). The molecule has 0 aliphatic heterocycles. The van der Waals surface area contributed by atoms with Crippen LogP contribution in [-0.4, -0.2) is 33.2 Å². The SMILES string of the molecule is COc1ccc(Cn2nnc(C(=O)O)c2Oc2ccc(-c3cccc(C4CCCCC4)c3)cc2)cc1. The Morgan fingerprint density at radius 3 is 2.36 bits per heavy atom. The van der Waals surface area contributed by atoms with Gasteiger partial charge in [-0.1, -0.05) is 73.0 Å². The van der Waals surface area contributed by atoms with E-state index < -0.39 is 5.97 Å². The van der Waals surface area contributed by atoms with Crippen molar-refractivity contribution < 1.29 is 19.4 Å². The van der Waals surface area contributed by atoms with Crippen molar-refractivity contribution in [2.24, 2.45) is 0 Å². The molecule has 1 aromatic heterocycles. The summed E-state index contributed by atoms with van der Waals surface area (Å²) in [5.41, 5.74) is 4.35. The predicted molar refractivity (Wildman–Crippen MR) is 137 cm³/mol. The molecule has 1 heterocycles. The van der Waals surface area contributed by atoms with E-state index in [0.29, 0.717) is 18.2 Å². The van der Waals surface area contributed by atoms with Crippen molar-refractivity contribution in [2.45, 2.75) is 44.6 Å². The summed E-state index contributed by atoms with van der Waals surface area (Å²) in [5.74, 6) is 0.800. The number of benzene rings is 3. The van der Waals surface area contributed by atoms with Gasteiger partial charge in [-0.25, -0.2) is 9.48 Å². The van der Waals surface area contributed by atoms with Gasteiger partial charge < -0.3 is 14.6 Å². The van der Waals surface area contributed by atoms with Gasteiger partial charge in [-0.2, -0.15) is 0 Å². The Kier molecular flexibility index (Phi) is 6.98. The van der Waals surface area contributed by atoms with Gasteiger partial charge in [0.05, 0.1) is 13.7 Å². The number of carbonyl (C=O) groups is 1. The lowest BCUT2D eigenvalue weighted by Gasteiger charge is -2.22. The summed E-state index contributed by atoms with van der Waals surface area (Å²) in [6, 6.07) is 23.9. The van der Waals surface area contributed by atoms with Crippen molar-refractivity contribution in [3.63, 3.8) is 0 Å². The second-order valence-corrected chi connectivity index (χ2v) is 9.14. The van der Waals surface area contributed by atoms with Crippen molar-refractivity contribution in [3.8, 4) is 28.5 Å². The molecule has 0 saturated heterocycles. The highest BCUT2D eigenvalue weighted by atomic mass is 16.5. The van der Waals surface area contributed by atoms with Crippen LogP contribution in [0.3, 0.4) is 0 Å². The number of carboxylic acids is 1. The fraction of sp³-hybridized carbons (Fsp3) is 0.276. The Morgan fingerprint density at radius 2 is 1.67 bits per heavy atom. The standard InChI is InChI=1S/C29H29N3O4/c1-35-25-14-10-20(11-15-25)19-32-28(27(29(33)34)30-31-32)36-26-16-12-22(13-17-26)24-9-5-8-23(18-24)21-6-3-2-4-7-21/h5,8-18,21H,2-4,6-7,19H2,1H3,(H,33,34). The first-order chi connectivity index (χ1) is 17.6. The molecule has 1 saturated carbocycles. The van der Waals surface area contributed by atoms with E-state index in [1.165, 1.54) is 47.9 Å².